The predicted octanol–water partition coefficient (Wildman–Crippen LogP) is 3.74. The highest BCUT2D eigenvalue weighted by Gasteiger charge is 2.25. The molecule has 0 saturated carbocycles. The lowest BCUT2D eigenvalue weighted by molar-refractivity contribution is -0.145. The molecule has 8 nitrogen and oxygen atoms in total. The molecule has 1 heterocycles. The Morgan fingerprint density at radius 3 is 2.39 bits per heavy atom. The Hall–Kier alpha value is -3.01. The van der Waals surface area contributed by atoms with E-state index in [0.29, 0.717) is 16.1 Å². The highest BCUT2D eigenvalue weighted by molar-refractivity contribution is 7.89. The molecule has 174 valence electrons. The summed E-state index contributed by atoms with van der Waals surface area (Å²) in [5.41, 5.74) is 1.76. The number of carbonyl (C=O) groups is 2. The topological polar surface area (TPSA) is 103 Å². The zero-order valence-corrected chi connectivity index (χ0v) is 19.9. The van der Waals surface area contributed by atoms with Crippen molar-refractivity contribution in [3.8, 4) is 0 Å². The minimum Gasteiger partial charge on any atom is -0.462 e. The molecule has 0 spiro atoms. The van der Waals surface area contributed by atoms with Gasteiger partial charge in [-0.2, -0.15) is 4.31 Å². The minimum atomic E-state index is -3.91. The third-order valence-electron chi connectivity index (χ3n) is 4.95. The number of likely N-dealkylation sites (N-methyl/N-ethyl adjacent to an activating group) is 1. The molecule has 0 radical (unpaired) electrons. The van der Waals surface area contributed by atoms with Crippen molar-refractivity contribution in [2.45, 2.75) is 25.3 Å². The fourth-order valence-corrected chi connectivity index (χ4v) is 4.51. The number of aryl methyl sites for hydroxylation is 1. The van der Waals surface area contributed by atoms with Crippen LogP contribution >= 0.6 is 11.6 Å². The number of halogens is 1. The Balaban J connectivity index is 1.79. The molecule has 0 bridgehead atoms. The molecule has 0 aliphatic rings. The van der Waals surface area contributed by atoms with Crippen LogP contribution in [-0.4, -0.2) is 49.8 Å². The number of carbonyl (C=O) groups excluding carboxylic acids is 2. The number of pyridine rings is 1. The Bertz CT molecular complexity index is 1290. The van der Waals surface area contributed by atoms with E-state index in [4.69, 9.17) is 21.1 Å². The molecule has 3 aromatic rings. The largest absolute Gasteiger partial charge is 0.462 e. The van der Waals surface area contributed by atoms with Crippen molar-refractivity contribution in [1.82, 2.24) is 9.29 Å². The van der Waals surface area contributed by atoms with E-state index in [1.165, 1.54) is 31.3 Å². The van der Waals surface area contributed by atoms with Crippen LogP contribution in [0, 0.1) is 6.92 Å². The second-order valence-electron chi connectivity index (χ2n) is 7.17. The van der Waals surface area contributed by atoms with Crippen molar-refractivity contribution in [2.24, 2.45) is 0 Å². The van der Waals surface area contributed by atoms with Crippen molar-refractivity contribution in [2.75, 3.05) is 20.2 Å². The molecule has 3 rings (SSSR count). The minimum absolute atomic E-state index is 0.00128. The van der Waals surface area contributed by atoms with Gasteiger partial charge < -0.3 is 9.47 Å². The summed E-state index contributed by atoms with van der Waals surface area (Å²) in [7, 11) is -2.64. The van der Waals surface area contributed by atoms with E-state index in [0.717, 1.165) is 9.69 Å². The molecule has 10 heteroatoms. The zero-order valence-electron chi connectivity index (χ0n) is 18.4. The van der Waals surface area contributed by atoms with Crippen LogP contribution in [-0.2, 0) is 30.9 Å². The van der Waals surface area contributed by atoms with Crippen LogP contribution in [0.3, 0.4) is 0 Å². The maximum Gasteiger partial charge on any atom is 0.340 e. The first-order chi connectivity index (χ1) is 15.6. The maximum absolute atomic E-state index is 12.7. The van der Waals surface area contributed by atoms with E-state index in [1.807, 2.05) is 18.2 Å². The summed E-state index contributed by atoms with van der Waals surface area (Å²) in [6.45, 7) is 2.81. The molecule has 0 atom stereocenters. The quantitative estimate of drug-likeness (QED) is 0.443. The molecule has 0 aliphatic heterocycles. The van der Waals surface area contributed by atoms with Crippen LogP contribution in [0.25, 0.3) is 10.9 Å². The Labute approximate surface area is 197 Å². The van der Waals surface area contributed by atoms with Crippen molar-refractivity contribution >= 4 is 44.5 Å². The van der Waals surface area contributed by atoms with Gasteiger partial charge in [0.25, 0.3) is 0 Å². The molecule has 0 N–H and O–H groups in total. The third-order valence-corrected chi connectivity index (χ3v) is 7.02. The fourth-order valence-electron chi connectivity index (χ4n) is 3.27. The number of para-hydroxylation sites is 1. The first kappa shape index (κ1) is 24.6. The SMILES string of the molecule is CCOC(=O)c1c(COC(=O)CN(C)S(=O)(=O)c2ccc(Cl)cc2)nc2ccccc2c1C. The fraction of sp³-hybridized carbons (Fsp3) is 0.261. The van der Waals surface area contributed by atoms with Crippen LogP contribution in [0.2, 0.25) is 5.02 Å². The van der Waals surface area contributed by atoms with Gasteiger partial charge in [-0.05, 0) is 49.7 Å². The molecule has 0 unspecified atom stereocenters. The normalized spacial score (nSPS) is 11.5. The monoisotopic (exact) mass is 490 g/mol. The number of esters is 2. The van der Waals surface area contributed by atoms with E-state index in [2.05, 4.69) is 4.98 Å². The third kappa shape index (κ3) is 5.50. The molecular weight excluding hydrogens is 468 g/mol. The number of benzene rings is 2. The summed E-state index contributed by atoms with van der Waals surface area (Å²) in [5, 5.41) is 1.18. The second-order valence-corrected chi connectivity index (χ2v) is 9.65. The second kappa shape index (κ2) is 10.3. The number of hydrogen-bond donors (Lipinski definition) is 0. The lowest BCUT2D eigenvalue weighted by atomic mass is 10.0. The van der Waals surface area contributed by atoms with Crippen LogP contribution in [0.1, 0.15) is 28.5 Å². The van der Waals surface area contributed by atoms with Gasteiger partial charge in [-0.1, -0.05) is 29.8 Å². The van der Waals surface area contributed by atoms with E-state index < -0.39 is 28.5 Å². The molecule has 1 aromatic heterocycles. The lowest BCUT2D eigenvalue weighted by Gasteiger charge is -2.17. The Kier molecular flexibility index (Phi) is 7.68. The van der Waals surface area contributed by atoms with Crippen LogP contribution < -0.4 is 0 Å². The standard InChI is InChI=1S/C23H23ClN2O6S/c1-4-31-23(28)22-15(2)18-7-5-6-8-19(18)25-20(22)14-32-21(27)13-26(3)33(29,30)17-11-9-16(24)10-12-17/h5-12H,4,13-14H2,1-3H3. The molecular formula is C23H23ClN2O6S. The summed E-state index contributed by atoms with van der Waals surface area (Å²) in [4.78, 5) is 29.5. The molecule has 2 aromatic carbocycles. The summed E-state index contributed by atoms with van der Waals surface area (Å²) >= 11 is 5.81. The van der Waals surface area contributed by atoms with Gasteiger partial charge in [0, 0.05) is 17.5 Å². The Morgan fingerprint density at radius 2 is 1.73 bits per heavy atom. The first-order valence-corrected chi connectivity index (χ1v) is 11.9. The van der Waals surface area contributed by atoms with Gasteiger partial charge in [-0.3, -0.25) is 4.79 Å². The smallest absolute Gasteiger partial charge is 0.340 e. The predicted molar refractivity (Wildman–Crippen MR) is 124 cm³/mol. The number of sulfonamides is 1. The summed E-state index contributed by atoms with van der Waals surface area (Å²) in [6.07, 6.45) is 0. The highest BCUT2D eigenvalue weighted by Crippen LogP contribution is 2.24. The van der Waals surface area contributed by atoms with E-state index >= 15 is 0 Å². The van der Waals surface area contributed by atoms with Gasteiger partial charge in [0.15, 0.2) is 0 Å². The molecule has 0 amide bonds. The van der Waals surface area contributed by atoms with Crippen LogP contribution in [0.5, 0.6) is 0 Å². The van der Waals surface area contributed by atoms with Crippen LogP contribution in [0.15, 0.2) is 53.4 Å². The van der Waals surface area contributed by atoms with Crippen molar-refractivity contribution in [1.29, 1.82) is 0 Å². The first-order valence-electron chi connectivity index (χ1n) is 10.1. The summed E-state index contributed by atoms with van der Waals surface area (Å²) < 4.78 is 36.6. The van der Waals surface area contributed by atoms with Gasteiger partial charge in [0.05, 0.1) is 28.3 Å². The summed E-state index contributed by atoms with van der Waals surface area (Å²) in [5.74, 6) is -1.36. The van der Waals surface area contributed by atoms with Gasteiger partial charge in [0.2, 0.25) is 10.0 Å². The van der Waals surface area contributed by atoms with Gasteiger partial charge in [-0.25, -0.2) is 18.2 Å². The van der Waals surface area contributed by atoms with Gasteiger partial charge in [-0.15, -0.1) is 0 Å². The number of fused-ring (bicyclic) bond motifs is 1. The van der Waals surface area contributed by atoms with Gasteiger partial charge >= 0.3 is 11.9 Å². The number of rotatable bonds is 8. The number of ether oxygens (including phenoxy) is 2. The lowest BCUT2D eigenvalue weighted by Crippen LogP contribution is -2.33. The number of hydrogen-bond acceptors (Lipinski definition) is 7. The Morgan fingerprint density at radius 1 is 1.06 bits per heavy atom. The van der Waals surface area contributed by atoms with Crippen molar-refractivity contribution in [3.63, 3.8) is 0 Å². The number of nitrogens with zero attached hydrogens (tertiary/aromatic N) is 2. The molecule has 0 fully saturated rings. The zero-order chi connectivity index (χ0) is 24.2. The van der Waals surface area contributed by atoms with E-state index in [9.17, 15) is 18.0 Å². The molecule has 0 aliphatic carbocycles. The average molecular weight is 491 g/mol. The van der Waals surface area contributed by atoms with Gasteiger partial charge in [0.1, 0.15) is 13.2 Å². The highest BCUT2D eigenvalue weighted by atomic mass is 35.5. The van der Waals surface area contributed by atoms with E-state index in [1.54, 1.807) is 19.9 Å². The average Bonchev–Trinajstić information content (AvgIpc) is 2.78. The van der Waals surface area contributed by atoms with Crippen molar-refractivity contribution < 1.29 is 27.5 Å². The summed E-state index contributed by atoms with van der Waals surface area (Å²) in [6, 6.07) is 12.9. The molecule has 0 saturated heterocycles. The number of aromatic nitrogens is 1. The maximum atomic E-state index is 12.7. The van der Waals surface area contributed by atoms with Crippen LogP contribution in [0.4, 0.5) is 0 Å². The van der Waals surface area contributed by atoms with Crippen molar-refractivity contribution in [3.05, 3.63) is 70.4 Å². The molecule has 33 heavy (non-hydrogen) atoms. The van der Waals surface area contributed by atoms with E-state index in [-0.39, 0.29) is 29.4 Å².